The lowest BCUT2D eigenvalue weighted by atomic mass is 9.90. The number of aryl methyl sites for hydroxylation is 2. The van der Waals surface area contributed by atoms with E-state index in [4.69, 9.17) is 0 Å². The third-order valence-electron chi connectivity index (χ3n) is 11.8. The molecule has 0 unspecified atom stereocenters. The van der Waals surface area contributed by atoms with Crippen molar-refractivity contribution in [3.8, 4) is 27.9 Å². The van der Waals surface area contributed by atoms with E-state index in [0.29, 0.717) is 0 Å². The molecule has 0 atom stereocenters. The summed E-state index contributed by atoms with van der Waals surface area (Å²) < 4.78 is 5.21. The smallest absolute Gasteiger partial charge is 0.0541 e. The van der Waals surface area contributed by atoms with Crippen LogP contribution in [0.1, 0.15) is 25.0 Å². The van der Waals surface area contributed by atoms with Crippen molar-refractivity contribution in [2.75, 3.05) is 0 Å². The summed E-state index contributed by atoms with van der Waals surface area (Å²) in [6.45, 7) is 4.60. The van der Waals surface area contributed by atoms with Gasteiger partial charge in [0.1, 0.15) is 0 Å². The van der Waals surface area contributed by atoms with Crippen LogP contribution >= 0.6 is 11.3 Å². The third-order valence-corrected chi connectivity index (χ3v) is 12.9. The summed E-state index contributed by atoms with van der Waals surface area (Å²) in [6.07, 6.45) is 1.96. The first-order chi connectivity index (χ1) is 26.7. The molecule has 0 fully saturated rings. The van der Waals surface area contributed by atoms with Gasteiger partial charge in [0, 0.05) is 36.6 Å². The molecule has 0 bridgehead atoms. The van der Waals surface area contributed by atoms with Crippen LogP contribution in [0.2, 0.25) is 0 Å². The SMILES string of the molecule is CCc1cc(-n2c3ccccc3c3cc(-c4ccc5c6ccccc6c6ccccc6c5c4)ccc32)ccc1-c1ccc2sc3ccccc3c2c1CC. The molecular formula is C52H37NS. The van der Waals surface area contributed by atoms with E-state index >= 15 is 0 Å². The summed E-state index contributed by atoms with van der Waals surface area (Å²) in [5.41, 5.74) is 11.7. The Balaban J connectivity index is 1.07. The number of benzene rings is 9. The summed E-state index contributed by atoms with van der Waals surface area (Å²) >= 11 is 1.90. The Morgan fingerprint density at radius 2 is 0.981 bits per heavy atom. The van der Waals surface area contributed by atoms with Crippen molar-refractivity contribution >= 4 is 85.6 Å². The Bertz CT molecular complexity index is 3270. The van der Waals surface area contributed by atoms with Crippen molar-refractivity contribution in [3.05, 3.63) is 175 Å². The summed E-state index contributed by atoms with van der Waals surface area (Å²) in [5.74, 6) is 0. The fourth-order valence-electron chi connectivity index (χ4n) is 9.30. The van der Waals surface area contributed by atoms with Crippen LogP contribution < -0.4 is 0 Å². The van der Waals surface area contributed by atoms with E-state index in [9.17, 15) is 0 Å². The zero-order valence-corrected chi connectivity index (χ0v) is 31.2. The number of hydrogen-bond donors (Lipinski definition) is 0. The molecule has 11 rings (SSSR count). The Labute approximate surface area is 318 Å². The molecule has 0 aliphatic heterocycles. The van der Waals surface area contributed by atoms with Gasteiger partial charge < -0.3 is 4.57 Å². The zero-order valence-electron chi connectivity index (χ0n) is 30.4. The molecule has 256 valence electrons. The lowest BCUT2D eigenvalue weighted by Gasteiger charge is -2.17. The van der Waals surface area contributed by atoms with Crippen LogP contribution in [-0.4, -0.2) is 4.57 Å². The van der Waals surface area contributed by atoms with Gasteiger partial charge in [-0.1, -0.05) is 129 Å². The first-order valence-corrected chi connectivity index (χ1v) is 20.0. The minimum atomic E-state index is 0.960. The highest BCUT2D eigenvalue weighted by atomic mass is 32.1. The Morgan fingerprint density at radius 3 is 1.70 bits per heavy atom. The number of nitrogens with zero attached hydrogens (tertiary/aromatic N) is 1. The minimum Gasteiger partial charge on any atom is -0.309 e. The van der Waals surface area contributed by atoms with Crippen molar-refractivity contribution in [2.45, 2.75) is 26.7 Å². The molecule has 0 N–H and O–H groups in total. The number of fused-ring (bicyclic) bond motifs is 12. The number of thiophene rings is 1. The summed E-state index contributed by atoms with van der Waals surface area (Å²) in [5, 5.41) is 13.2. The maximum absolute atomic E-state index is 2.47. The van der Waals surface area contributed by atoms with Gasteiger partial charge in [0.05, 0.1) is 11.0 Å². The normalized spacial score (nSPS) is 12.0. The van der Waals surface area contributed by atoms with E-state index in [1.807, 2.05) is 11.3 Å². The molecule has 54 heavy (non-hydrogen) atoms. The second-order valence-corrected chi connectivity index (χ2v) is 15.6. The minimum absolute atomic E-state index is 0.960. The molecule has 2 aromatic heterocycles. The first kappa shape index (κ1) is 31.3. The number of para-hydroxylation sites is 1. The van der Waals surface area contributed by atoms with Gasteiger partial charge in [0.25, 0.3) is 0 Å². The maximum atomic E-state index is 2.47. The van der Waals surface area contributed by atoms with Gasteiger partial charge in [0.2, 0.25) is 0 Å². The monoisotopic (exact) mass is 707 g/mol. The van der Waals surface area contributed by atoms with Crippen LogP contribution in [0, 0.1) is 0 Å². The molecule has 0 amide bonds. The van der Waals surface area contributed by atoms with Crippen LogP contribution in [0.3, 0.4) is 0 Å². The predicted octanol–water partition coefficient (Wildman–Crippen LogP) is 15.1. The van der Waals surface area contributed by atoms with Gasteiger partial charge in [-0.25, -0.2) is 0 Å². The van der Waals surface area contributed by atoms with Crippen molar-refractivity contribution in [2.24, 2.45) is 0 Å². The molecule has 0 spiro atoms. The second kappa shape index (κ2) is 12.2. The third kappa shape index (κ3) is 4.57. The molecule has 0 saturated heterocycles. The fraction of sp³-hybridized carbons (Fsp3) is 0.0769. The zero-order chi connectivity index (χ0) is 35.9. The highest BCUT2D eigenvalue weighted by Gasteiger charge is 2.18. The largest absolute Gasteiger partial charge is 0.309 e. The Kier molecular flexibility index (Phi) is 7.05. The second-order valence-electron chi connectivity index (χ2n) is 14.5. The molecule has 9 aromatic carbocycles. The highest BCUT2D eigenvalue weighted by Crippen LogP contribution is 2.43. The van der Waals surface area contributed by atoms with E-state index in [2.05, 4.69) is 182 Å². The first-order valence-electron chi connectivity index (χ1n) is 19.1. The molecule has 0 aliphatic carbocycles. The van der Waals surface area contributed by atoms with E-state index in [0.717, 1.165) is 12.8 Å². The number of aromatic nitrogens is 1. The van der Waals surface area contributed by atoms with Crippen molar-refractivity contribution in [3.63, 3.8) is 0 Å². The molecule has 1 nitrogen and oxygen atoms in total. The van der Waals surface area contributed by atoms with Crippen molar-refractivity contribution in [1.82, 2.24) is 4.57 Å². The lowest BCUT2D eigenvalue weighted by molar-refractivity contribution is 1.10. The summed E-state index contributed by atoms with van der Waals surface area (Å²) in [4.78, 5) is 0. The van der Waals surface area contributed by atoms with E-state index in [1.165, 1.54) is 113 Å². The molecule has 0 saturated carbocycles. The standard InChI is InChI=1S/C52H37NS/c1-3-32-29-35(23-25-37(32)42-26-28-51-52(36(42)4-2)45-18-10-12-20-50(45)54-51)53-48-19-11-9-17-44(48)47-31-34(22-27-49(47)53)33-21-24-43-40-15-6-5-13-38(40)39-14-7-8-16-41(39)46(43)30-33/h5-31H,3-4H2,1-2H3. The summed E-state index contributed by atoms with van der Waals surface area (Å²) in [6, 6.07) is 61.3. The molecule has 2 heteroatoms. The molecule has 2 heterocycles. The average Bonchev–Trinajstić information content (AvgIpc) is 3.78. The average molecular weight is 708 g/mol. The van der Waals surface area contributed by atoms with Crippen LogP contribution in [0.15, 0.2) is 164 Å². The van der Waals surface area contributed by atoms with E-state index < -0.39 is 0 Å². The quantitative estimate of drug-likeness (QED) is 0.157. The molecular weight excluding hydrogens is 671 g/mol. The molecule has 11 aromatic rings. The van der Waals surface area contributed by atoms with Crippen LogP contribution in [-0.2, 0) is 12.8 Å². The van der Waals surface area contributed by atoms with E-state index in [1.54, 1.807) is 0 Å². The highest BCUT2D eigenvalue weighted by molar-refractivity contribution is 7.25. The summed E-state index contributed by atoms with van der Waals surface area (Å²) in [7, 11) is 0. The Morgan fingerprint density at radius 1 is 0.407 bits per heavy atom. The number of rotatable bonds is 5. The van der Waals surface area contributed by atoms with Crippen LogP contribution in [0.5, 0.6) is 0 Å². The van der Waals surface area contributed by atoms with Gasteiger partial charge in [0.15, 0.2) is 0 Å². The van der Waals surface area contributed by atoms with Gasteiger partial charge in [-0.15, -0.1) is 11.3 Å². The molecule has 0 aliphatic rings. The fourth-order valence-corrected chi connectivity index (χ4v) is 10.4. The van der Waals surface area contributed by atoms with Gasteiger partial charge in [-0.05, 0) is 127 Å². The van der Waals surface area contributed by atoms with Gasteiger partial charge in [-0.2, -0.15) is 0 Å². The lowest BCUT2D eigenvalue weighted by Crippen LogP contribution is -1.98. The number of hydrogen-bond acceptors (Lipinski definition) is 1. The topological polar surface area (TPSA) is 4.93 Å². The van der Waals surface area contributed by atoms with Crippen LogP contribution in [0.25, 0.3) is 102 Å². The molecule has 0 radical (unpaired) electrons. The van der Waals surface area contributed by atoms with Gasteiger partial charge in [-0.3, -0.25) is 0 Å². The van der Waals surface area contributed by atoms with Gasteiger partial charge >= 0.3 is 0 Å². The van der Waals surface area contributed by atoms with Crippen molar-refractivity contribution in [1.29, 1.82) is 0 Å². The van der Waals surface area contributed by atoms with E-state index in [-0.39, 0.29) is 0 Å². The maximum Gasteiger partial charge on any atom is 0.0541 e. The predicted molar refractivity (Wildman–Crippen MR) is 236 cm³/mol. The Hall–Kier alpha value is -6.22. The van der Waals surface area contributed by atoms with Crippen molar-refractivity contribution < 1.29 is 0 Å². The van der Waals surface area contributed by atoms with Crippen LogP contribution in [0.4, 0.5) is 0 Å².